The van der Waals surface area contributed by atoms with Crippen molar-refractivity contribution in [2.24, 2.45) is 5.92 Å². The Morgan fingerprint density at radius 3 is 2.75 bits per heavy atom. The number of benzene rings is 1. The molecule has 3 unspecified atom stereocenters. The number of rotatable bonds is 4. The molecule has 0 saturated carbocycles. The van der Waals surface area contributed by atoms with E-state index in [1.54, 1.807) is 0 Å². The fourth-order valence-electron chi connectivity index (χ4n) is 2.98. The van der Waals surface area contributed by atoms with Gasteiger partial charge in [0, 0.05) is 35.3 Å². The molecule has 1 aliphatic rings. The van der Waals surface area contributed by atoms with E-state index in [-0.39, 0.29) is 0 Å². The third kappa shape index (κ3) is 3.37. The Morgan fingerprint density at radius 1 is 1.40 bits per heavy atom. The standard InChI is InChI=1S/C17H27BrN2/c1-5-12(3)17-11-20(14(6-2)10-19-17)15-7-8-16(18)13(4)9-15/h7-9,12,14,17,19H,5-6,10-11H2,1-4H3. The molecule has 1 aromatic carbocycles. The van der Waals surface area contributed by atoms with Crippen LogP contribution in [0, 0.1) is 12.8 Å². The van der Waals surface area contributed by atoms with E-state index in [0.29, 0.717) is 12.1 Å². The second kappa shape index (κ2) is 6.95. The fourth-order valence-corrected chi connectivity index (χ4v) is 3.22. The van der Waals surface area contributed by atoms with Gasteiger partial charge in [0.05, 0.1) is 0 Å². The van der Waals surface area contributed by atoms with Gasteiger partial charge in [0.15, 0.2) is 0 Å². The van der Waals surface area contributed by atoms with Gasteiger partial charge in [-0.05, 0) is 43.0 Å². The minimum absolute atomic E-state index is 0.603. The quantitative estimate of drug-likeness (QED) is 0.877. The number of hydrogen-bond donors (Lipinski definition) is 1. The average Bonchev–Trinajstić information content (AvgIpc) is 2.48. The Bertz CT molecular complexity index is 447. The first-order valence-electron chi connectivity index (χ1n) is 7.83. The number of nitrogens with zero attached hydrogens (tertiary/aromatic N) is 1. The summed E-state index contributed by atoms with van der Waals surface area (Å²) < 4.78 is 1.20. The molecule has 3 heteroatoms. The first-order chi connectivity index (χ1) is 9.56. The van der Waals surface area contributed by atoms with Crippen LogP contribution in [0.2, 0.25) is 0 Å². The van der Waals surface area contributed by atoms with Crippen molar-refractivity contribution < 1.29 is 0 Å². The highest BCUT2D eigenvalue weighted by molar-refractivity contribution is 9.10. The zero-order valence-electron chi connectivity index (χ0n) is 13.1. The molecule has 112 valence electrons. The zero-order chi connectivity index (χ0) is 14.7. The highest BCUT2D eigenvalue weighted by atomic mass is 79.9. The predicted molar refractivity (Wildman–Crippen MR) is 91.5 cm³/mol. The summed E-state index contributed by atoms with van der Waals surface area (Å²) in [6, 6.07) is 7.95. The van der Waals surface area contributed by atoms with Crippen LogP contribution < -0.4 is 10.2 Å². The summed E-state index contributed by atoms with van der Waals surface area (Å²) in [5, 5.41) is 3.75. The molecular weight excluding hydrogens is 312 g/mol. The Hall–Kier alpha value is -0.540. The van der Waals surface area contributed by atoms with Crippen molar-refractivity contribution in [2.75, 3.05) is 18.0 Å². The van der Waals surface area contributed by atoms with Crippen molar-refractivity contribution in [2.45, 2.75) is 52.6 Å². The molecule has 1 saturated heterocycles. The number of nitrogens with one attached hydrogen (secondary N) is 1. The van der Waals surface area contributed by atoms with Crippen molar-refractivity contribution in [3.05, 3.63) is 28.2 Å². The Labute approximate surface area is 132 Å². The van der Waals surface area contributed by atoms with E-state index in [0.717, 1.165) is 19.0 Å². The van der Waals surface area contributed by atoms with E-state index in [9.17, 15) is 0 Å². The van der Waals surface area contributed by atoms with Crippen LogP contribution in [-0.4, -0.2) is 25.2 Å². The molecule has 1 heterocycles. The molecule has 1 aliphatic heterocycles. The van der Waals surface area contributed by atoms with Gasteiger partial charge < -0.3 is 10.2 Å². The highest BCUT2D eigenvalue weighted by Gasteiger charge is 2.29. The van der Waals surface area contributed by atoms with Gasteiger partial charge >= 0.3 is 0 Å². The Balaban J connectivity index is 2.22. The van der Waals surface area contributed by atoms with Crippen LogP contribution in [0.4, 0.5) is 5.69 Å². The van der Waals surface area contributed by atoms with Crippen LogP contribution in [0.1, 0.15) is 39.2 Å². The lowest BCUT2D eigenvalue weighted by molar-refractivity contribution is 0.306. The van der Waals surface area contributed by atoms with Gasteiger partial charge in [0.25, 0.3) is 0 Å². The average molecular weight is 339 g/mol. The summed E-state index contributed by atoms with van der Waals surface area (Å²) in [6.07, 6.45) is 2.43. The van der Waals surface area contributed by atoms with Gasteiger partial charge in [0.1, 0.15) is 0 Å². The van der Waals surface area contributed by atoms with Crippen LogP contribution in [-0.2, 0) is 0 Å². The molecule has 1 fully saturated rings. The van der Waals surface area contributed by atoms with Crippen molar-refractivity contribution >= 4 is 21.6 Å². The summed E-state index contributed by atoms with van der Waals surface area (Å²) in [6.45, 7) is 11.3. The summed E-state index contributed by atoms with van der Waals surface area (Å²) in [5.41, 5.74) is 2.68. The lowest BCUT2D eigenvalue weighted by atomic mass is 9.94. The van der Waals surface area contributed by atoms with Gasteiger partial charge in [0.2, 0.25) is 0 Å². The molecule has 0 aromatic heterocycles. The van der Waals surface area contributed by atoms with Crippen molar-refractivity contribution in [3.63, 3.8) is 0 Å². The van der Waals surface area contributed by atoms with Crippen LogP contribution >= 0.6 is 15.9 Å². The van der Waals surface area contributed by atoms with E-state index in [1.807, 2.05) is 0 Å². The number of piperazine rings is 1. The first-order valence-corrected chi connectivity index (χ1v) is 8.62. The maximum absolute atomic E-state index is 3.75. The summed E-state index contributed by atoms with van der Waals surface area (Å²) in [7, 11) is 0. The van der Waals surface area contributed by atoms with Gasteiger partial charge in [-0.3, -0.25) is 0 Å². The third-order valence-electron chi connectivity index (χ3n) is 4.73. The van der Waals surface area contributed by atoms with Gasteiger partial charge in [-0.25, -0.2) is 0 Å². The minimum atomic E-state index is 0.603. The van der Waals surface area contributed by atoms with Gasteiger partial charge in [-0.15, -0.1) is 0 Å². The molecule has 0 bridgehead atoms. The molecule has 2 nitrogen and oxygen atoms in total. The summed E-state index contributed by atoms with van der Waals surface area (Å²) >= 11 is 3.60. The van der Waals surface area contributed by atoms with Gasteiger partial charge in [-0.2, -0.15) is 0 Å². The van der Waals surface area contributed by atoms with Crippen LogP contribution in [0.3, 0.4) is 0 Å². The SMILES string of the molecule is CCC(C)C1CN(c2ccc(Br)c(C)c2)C(CC)CN1. The largest absolute Gasteiger partial charge is 0.366 e. The molecule has 0 radical (unpaired) electrons. The molecule has 0 spiro atoms. The van der Waals surface area contributed by atoms with Crippen molar-refractivity contribution in [3.8, 4) is 0 Å². The maximum atomic E-state index is 3.75. The molecule has 1 N–H and O–H groups in total. The van der Waals surface area contributed by atoms with Crippen LogP contribution in [0.25, 0.3) is 0 Å². The maximum Gasteiger partial charge on any atom is 0.0412 e. The van der Waals surface area contributed by atoms with E-state index >= 15 is 0 Å². The van der Waals surface area contributed by atoms with E-state index in [1.165, 1.54) is 28.6 Å². The predicted octanol–water partition coefficient (Wildman–Crippen LogP) is 4.36. The number of halogens is 1. The first kappa shape index (κ1) is 15.8. The zero-order valence-corrected chi connectivity index (χ0v) is 14.7. The molecule has 20 heavy (non-hydrogen) atoms. The second-order valence-corrected chi connectivity index (χ2v) is 6.90. The minimum Gasteiger partial charge on any atom is -0.366 e. The van der Waals surface area contributed by atoms with Crippen molar-refractivity contribution in [1.29, 1.82) is 0 Å². The van der Waals surface area contributed by atoms with Crippen LogP contribution in [0.15, 0.2) is 22.7 Å². The fraction of sp³-hybridized carbons (Fsp3) is 0.647. The lowest BCUT2D eigenvalue weighted by Gasteiger charge is -2.43. The normalized spacial score (nSPS) is 24.8. The highest BCUT2D eigenvalue weighted by Crippen LogP contribution is 2.27. The topological polar surface area (TPSA) is 15.3 Å². The monoisotopic (exact) mass is 338 g/mol. The smallest absolute Gasteiger partial charge is 0.0412 e. The molecule has 3 atom stereocenters. The molecule has 1 aromatic rings. The molecule has 0 aliphatic carbocycles. The second-order valence-electron chi connectivity index (χ2n) is 6.05. The van der Waals surface area contributed by atoms with E-state index in [2.05, 4.69) is 72.0 Å². The summed E-state index contributed by atoms with van der Waals surface area (Å²) in [5.74, 6) is 0.729. The van der Waals surface area contributed by atoms with Crippen LogP contribution in [0.5, 0.6) is 0 Å². The molecule has 2 rings (SSSR count). The number of anilines is 1. The number of aryl methyl sites for hydroxylation is 1. The van der Waals surface area contributed by atoms with E-state index < -0.39 is 0 Å². The Kier molecular flexibility index (Phi) is 5.50. The lowest BCUT2D eigenvalue weighted by Crippen LogP contribution is -2.58. The van der Waals surface area contributed by atoms with Gasteiger partial charge in [-0.1, -0.05) is 43.1 Å². The molecule has 0 amide bonds. The molecular formula is C17H27BrN2. The van der Waals surface area contributed by atoms with Crippen molar-refractivity contribution in [1.82, 2.24) is 5.32 Å². The number of hydrogen-bond acceptors (Lipinski definition) is 2. The summed E-state index contributed by atoms with van der Waals surface area (Å²) in [4.78, 5) is 2.60. The van der Waals surface area contributed by atoms with E-state index in [4.69, 9.17) is 0 Å². The Morgan fingerprint density at radius 2 is 2.15 bits per heavy atom. The third-order valence-corrected chi connectivity index (χ3v) is 5.61.